The average Bonchev–Trinajstić information content (AvgIpc) is 2.34. The van der Waals surface area contributed by atoms with Crippen LogP contribution in [0.1, 0.15) is 28.9 Å². The van der Waals surface area contributed by atoms with Crippen molar-refractivity contribution in [1.29, 1.82) is 0 Å². The predicted molar refractivity (Wildman–Crippen MR) is 67.5 cm³/mol. The minimum atomic E-state index is -1.52. The van der Waals surface area contributed by atoms with Gasteiger partial charge in [0.15, 0.2) is 5.12 Å². The van der Waals surface area contributed by atoms with E-state index in [4.69, 9.17) is 5.11 Å². The van der Waals surface area contributed by atoms with Crippen LogP contribution in [0.3, 0.4) is 0 Å². The first-order valence-electron chi connectivity index (χ1n) is 5.35. The fourth-order valence-corrected chi connectivity index (χ4v) is 1.99. The molecule has 0 aliphatic carbocycles. The molecule has 1 aromatic rings. The molecule has 1 rings (SSSR count). The predicted octanol–water partition coefficient (Wildman–Crippen LogP) is 1.20. The van der Waals surface area contributed by atoms with Crippen LogP contribution in [-0.4, -0.2) is 38.3 Å². The number of carbonyl (C=O) groups is 2. The van der Waals surface area contributed by atoms with Gasteiger partial charge in [-0.15, -0.1) is 0 Å². The highest BCUT2D eigenvalue weighted by Gasteiger charge is 2.22. The summed E-state index contributed by atoms with van der Waals surface area (Å²) in [4.78, 5) is 21.4. The van der Waals surface area contributed by atoms with Gasteiger partial charge in [-0.1, -0.05) is 17.8 Å². The van der Waals surface area contributed by atoms with Crippen molar-refractivity contribution in [3.8, 4) is 0 Å². The lowest BCUT2D eigenvalue weighted by molar-refractivity contribution is -0.109. The average molecular weight is 288 g/mol. The summed E-state index contributed by atoms with van der Waals surface area (Å²) < 4.78 is 13.6. The quantitative estimate of drug-likeness (QED) is 0.753. The zero-order chi connectivity index (χ0) is 14.6. The topological polar surface area (TPSA) is 94.8 Å². The Morgan fingerprint density at radius 1 is 1.37 bits per heavy atom. The number of aromatic carboxylic acids is 1. The van der Waals surface area contributed by atoms with E-state index in [-0.39, 0.29) is 22.0 Å². The van der Waals surface area contributed by atoms with Gasteiger partial charge >= 0.3 is 5.97 Å². The minimum absolute atomic E-state index is 0.0728. The molecule has 19 heavy (non-hydrogen) atoms. The molecular formula is C12H13FO5S. The van der Waals surface area contributed by atoms with Crippen LogP contribution in [-0.2, 0) is 4.79 Å². The van der Waals surface area contributed by atoms with Gasteiger partial charge in [-0.25, -0.2) is 9.18 Å². The maximum Gasteiger partial charge on any atom is 0.335 e. The monoisotopic (exact) mass is 288 g/mol. The molecule has 0 bridgehead atoms. The number of carbonyl (C=O) groups excluding carboxylic acids is 1. The molecule has 0 aliphatic heterocycles. The van der Waals surface area contributed by atoms with Crippen LogP contribution in [0.5, 0.6) is 0 Å². The van der Waals surface area contributed by atoms with Crippen molar-refractivity contribution in [2.75, 3.05) is 5.75 Å². The lowest BCUT2D eigenvalue weighted by Crippen LogP contribution is -2.22. The van der Waals surface area contributed by atoms with Gasteiger partial charge in [-0.2, -0.15) is 0 Å². The Morgan fingerprint density at radius 2 is 2.00 bits per heavy atom. The Morgan fingerprint density at radius 3 is 2.47 bits per heavy atom. The molecular weight excluding hydrogens is 275 g/mol. The first-order chi connectivity index (χ1) is 8.82. The molecule has 7 heteroatoms. The summed E-state index contributed by atoms with van der Waals surface area (Å²) in [5.74, 6) is -2.27. The van der Waals surface area contributed by atoms with Gasteiger partial charge in [-0.3, -0.25) is 4.79 Å². The van der Waals surface area contributed by atoms with Crippen LogP contribution < -0.4 is 0 Å². The Labute approximate surface area is 113 Å². The summed E-state index contributed by atoms with van der Waals surface area (Å²) in [5.41, 5.74) is -0.456. The van der Waals surface area contributed by atoms with Gasteiger partial charge in [0.05, 0.1) is 11.7 Å². The molecule has 5 nitrogen and oxygen atoms in total. The molecule has 1 aromatic carbocycles. The van der Waals surface area contributed by atoms with Crippen molar-refractivity contribution in [2.24, 2.45) is 0 Å². The van der Waals surface area contributed by atoms with Crippen LogP contribution in [0.4, 0.5) is 4.39 Å². The molecule has 0 fully saturated rings. The molecule has 3 N–H and O–H groups in total. The van der Waals surface area contributed by atoms with Crippen molar-refractivity contribution >= 4 is 22.8 Å². The van der Waals surface area contributed by atoms with E-state index < -0.39 is 24.0 Å². The second-order valence-electron chi connectivity index (χ2n) is 3.86. The first kappa shape index (κ1) is 15.6. The zero-order valence-electron chi connectivity index (χ0n) is 10.0. The van der Waals surface area contributed by atoms with Crippen LogP contribution in [0.2, 0.25) is 0 Å². The Bertz CT molecular complexity index is 491. The lowest BCUT2D eigenvalue weighted by atomic mass is 10.0. The van der Waals surface area contributed by atoms with Gasteiger partial charge in [-0.05, 0) is 12.1 Å². The molecule has 104 valence electrons. The third-order valence-electron chi connectivity index (χ3n) is 2.39. The number of hydrogen-bond donors (Lipinski definition) is 3. The fraction of sp³-hybridized carbons (Fsp3) is 0.333. The molecule has 2 atom stereocenters. The van der Waals surface area contributed by atoms with Crippen molar-refractivity contribution in [1.82, 2.24) is 0 Å². The van der Waals surface area contributed by atoms with E-state index in [9.17, 15) is 24.2 Å². The summed E-state index contributed by atoms with van der Waals surface area (Å²) in [6.07, 6.45) is -2.84. The van der Waals surface area contributed by atoms with Gasteiger partial charge in [0.25, 0.3) is 0 Å². The van der Waals surface area contributed by atoms with Gasteiger partial charge in [0.1, 0.15) is 11.9 Å². The second kappa shape index (κ2) is 6.65. The van der Waals surface area contributed by atoms with E-state index in [2.05, 4.69) is 0 Å². The Balaban J connectivity index is 2.84. The standard InChI is InChI=1S/C12H13FO5S/c1-6(14)19-5-10(15)11(16)8-3-2-7(12(17)18)4-9(8)13/h2-4,10-11,15-16H,5H2,1H3,(H,17,18). The minimum Gasteiger partial charge on any atom is -0.478 e. The van der Waals surface area contributed by atoms with E-state index in [0.717, 1.165) is 30.0 Å². The Hall–Kier alpha value is -1.44. The number of aliphatic hydroxyl groups excluding tert-OH is 2. The third kappa shape index (κ3) is 4.30. The molecule has 0 aliphatic rings. The van der Waals surface area contributed by atoms with Gasteiger partial charge in [0, 0.05) is 18.2 Å². The highest BCUT2D eigenvalue weighted by molar-refractivity contribution is 8.13. The van der Waals surface area contributed by atoms with E-state index in [1.807, 2.05) is 0 Å². The van der Waals surface area contributed by atoms with E-state index >= 15 is 0 Å². The summed E-state index contributed by atoms with van der Waals surface area (Å²) in [6.45, 7) is 1.31. The van der Waals surface area contributed by atoms with Crippen LogP contribution in [0.15, 0.2) is 18.2 Å². The highest BCUT2D eigenvalue weighted by atomic mass is 32.2. The van der Waals surface area contributed by atoms with Crippen molar-refractivity contribution < 1.29 is 29.3 Å². The van der Waals surface area contributed by atoms with Crippen LogP contribution >= 0.6 is 11.8 Å². The second-order valence-corrected chi connectivity index (χ2v) is 5.05. The van der Waals surface area contributed by atoms with Crippen LogP contribution in [0, 0.1) is 5.82 Å². The number of carboxylic acids is 1. The maximum absolute atomic E-state index is 13.6. The molecule has 0 spiro atoms. The summed E-state index contributed by atoms with van der Waals surface area (Å²) in [6, 6.07) is 3.01. The molecule has 0 aromatic heterocycles. The first-order valence-corrected chi connectivity index (χ1v) is 6.33. The SMILES string of the molecule is CC(=O)SCC(O)C(O)c1ccc(C(=O)O)cc1F. The summed E-state index contributed by atoms with van der Waals surface area (Å²) in [5, 5.41) is 27.8. The van der Waals surface area contributed by atoms with Gasteiger partial charge < -0.3 is 15.3 Å². The summed E-state index contributed by atoms with van der Waals surface area (Å²) in [7, 11) is 0. The molecule has 0 saturated heterocycles. The Kier molecular flexibility index (Phi) is 5.46. The number of aliphatic hydroxyl groups is 2. The molecule has 0 heterocycles. The largest absolute Gasteiger partial charge is 0.478 e. The third-order valence-corrected chi connectivity index (χ3v) is 3.30. The zero-order valence-corrected chi connectivity index (χ0v) is 10.9. The molecule has 0 saturated carbocycles. The van der Waals surface area contributed by atoms with E-state index in [0.29, 0.717) is 0 Å². The van der Waals surface area contributed by atoms with Crippen molar-refractivity contribution in [3.05, 3.63) is 35.1 Å². The van der Waals surface area contributed by atoms with Crippen molar-refractivity contribution in [3.63, 3.8) is 0 Å². The summed E-state index contributed by atoms with van der Waals surface area (Å²) >= 11 is 0.811. The molecule has 0 radical (unpaired) electrons. The van der Waals surface area contributed by atoms with Crippen molar-refractivity contribution in [2.45, 2.75) is 19.1 Å². The molecule has 0 amide bonds. The number of hydrogen-bond acceptors (Lipinski definition) is 5. The van der Waals surface area contributed by atoms with Crippen LogP contribution in [0.25, 0.3) is 0 Å². The number of carboxylic acid groups (broad SMARTS) is 1. The highest BCUT2D eigenvalue weighted by Crippen LogP contribution is 2.23. The van der Waals surface area contributed by atoms with E-state index in [1.54, 1.807) is 0 Å². The maximum atomic E-state index is 13.6. The number of thioether (sulfide) groups is 1. The molecule has 2 unspecified atom stereocenters. The smallest absolute Gasteiger partial charge is 0.335 e. The number of halogens is 1. The normalized spacial score (nSPS) is 13.9. The lowest BCUT2D eigenvalue weighted by Gasteiger charge is -2.18. The van der Waals surface area contributed by atoms with E-state index in [1.165, 1.54) is 6.92 Å². The number of rotatable bonds is 5. The fourth-order valence-electron chi connectivity index (χ4n) is 1.40. The number of benzene rings is 1. The van der Waals surface area contributed by atoms with Gasteiger partial charge in [0.2, 0.25) is 0 Å².